The summed E-state index contributed by atoms with van der Waals surface area (Å²) in [5.41, 5.74) is 0.982. The van der Waals surface area contributed by atoms with Crippen molar-refractivity contribution in [2.45, 2.75) is 30.1 Å². The zero-order valence-electron chi connectivity index (χ0n) is 16.2. The van der Waals surface area contributed by atoms with Crippen molar-refractivity contribution in [3.63, 3.8) is 0 Å². The highest BCUT2D eigenvalue weighted by atomic mass is 32.2. The van der Waals surface area contributed by atoms with Crippen molar-refractivity contribution in [3.05, 3.63) is 48.8 Å². The summed E-state index contributed by atoms with van der Waals surface area (Å²) in [6.45, 7) is 0.807. The lowest BCUT2D eigenvalue weighted by atomic mass is 10.2. The molecule has 0 radical (unpaired) electrons. The predicted molar refractivity (Wildman–Crippen MR) is 112 cm³/mol. The average molecular weight is 423 g/mol. The first kappa shape index (κ1) is 18.9. The normalized spacial score (nSPS) is 17.5. The van der Waals surface area contributed by atoms with Crippen LogP contribution in [0.4, 0.5) is 0 Å². The van der Waals surface area contributed by atoms with Gasteiger partial charge in [0.15, 0.2) is 22.5 Å². The Labute approximate surface area is 178 Å². The molecule has 1 aliphatic carbocycles. The van der Waals surface area contributed by atoms with Gasteiger partial charge in [-0.1, -0.05) is 23.9 Å². The fourth-order valence-electron chi connectivity index (χ4n) is 3.31. The number of aromatic nitrogens is 4. The van der Waals surface area contributed by atoms with Crippen LogP contribution < -0.4 is 14.8 Å². The summed E-state index contributed by atoms with van der Waals surface area (Å²) in [5, 5.41) is 12.4. The van der Waals surface area contributed by atoms with Crippen molar-refractivity contribution in [2.75, 3.05) is 18.9 Å². The number of carbonyl (C=O) groups excluding carboxylic acids is 1. The molecule has 2 aliphatic rings. The Morgan fingerprint density at radius 1 is 1.13 bits per heavy atom. The van der Waals surface area contributed by atoms with Gasteiger partial charge in [-0.2, -0.15) is 0 Å². The van der Waals surface area contributed by atoms with E-state index in [2.05, 4.69) is 25.1 Å². The lowest BCUT2D eigenvalue weighted by Gasteiger charge is -2.26. The van der Waals surface area contributed by atoms with Crippen molar-refractivity contribution in [1.29, 1.82) is 0 Å². The third-order valence-corrected chi connectivity index (χ3v) is 5.88. The fourth-order valence-corrected chi connectivity index (χ4v) is 4.14. The van der Waals surface area contributed by atoms with E-state index in [1.807, 2.05) is 36.4 Å². The largest absolute Gasteiger partial charge is 0.486 e. The molecule has 3 aromatic rings. The Bertz CT molecular complexity index is 1040. The van der Waals surface area contributed by atoms with E-state index in [-0.39, 0.29) is 17.8 Å². The number of thioether (sulfide) groups is 1. The summed E-state index contributed by atoms with van der Waals surface area (Å²) in [5.74, 6) is 2.47. The van der Waals surface area contributed by atoms with Crippen LogP contribution in [-0.2, 0) is 4.79 Å². The van der Waals surface area contributed by atoms with E-state index in [1.54, 1.807) is 12.4 Å². The van der Waals surface area contributed by atoms with Gasteiger partial charge in [0.25, 0.3) is 0 Å². The number of nitrogens with one attached hydrogen (secondary N) is 1. The van der Waals surface area contributed by atoms with Gasteiger partial charge in [-0.15, -0.1) is 10.2 Å². The topological polar surface area (TPSA) is 91.2 Å². The molecule has 2 aromatic heterocycles. The summed E-state index contributed by atoms with van der Waals surface area (Å²) in [6.07, 6.45) is 5.50. The molecule has 154 valence electrons. The highest BCUT2D eigenvalue weighted by molar-refractivity contribution is 7.99. The van der Waals surface area contributed by atoms with Crippen molar-refractivity contribution < 1.29 is 14.3 Å². The lowest BCUT2D eigenvalue weighted by Crippen LogP contribution is -2.41. The van der Waals surface area contributed by atoms with Crippen LogP contribution >= 0.6 is 11.8 Å². The minimum Gasteiger partial charge on any atom is -0.486 e. The lowest BCUT2D eigenvalue weighted by molar-refractivity contribution is -0.119. The van der Waals surface area contributed by atoms with Crippen LogP contribution in [0.2, 0.25) is 0 Å². The first-order valence-corrected chi connectivity index (χ1v) is 10.9. The average Bonchev–Trinajstić information content (AvgIpc) is 3.55. The van der Waals surface area contributed by atoms with Crippen LogP contribution in [0.3, 0.4) is 0 Å². The van der Waals surface area contributed by atoms with E-state index >= 15 is 0 Å². The van der Waals surface area contributed by atoms with Crippen LogP contribution in [0.1, 0.15) is 18.9 Å². The summed E-state index contributed by atoms with van der Waals surface area (Å²) in [4.78, 5) is 16.4. The van der Waals surface area contributed by atoms with Gasteiger partial charge in [0.05, 0.1) is 12.3 Å². The number of para-hydroxylation sites is 2. The maximum Gasteiger partial charge on any atom is 0.230 e. The predicted octanol–water partition coefficient (Wildman–Crippen LogP) is 2.72. The number of ether oxygens (including phenoxy) is 2. The number of hydrogen-bond donors (Lipinski definition) is 1. The number of fused-ring (bicyclic) bond motifs is 1. The third-order valence-electron chi connectivity index (χ3n) is 4.94. The van der Waals surface area contributed by atoms with Crippen LogP contribution in [-0.4, -0.2) is 50.7 Å². The van der Waals surface area contributed by atoms with Crippen LogP contribution in [0, 0.1) is 0 Å². The molecule has 1 aliphatic heterocycles. The van der Waals surface area contributed by atoms with E-state index in [4.69, 9.17) is 9.47 Å². The quantitative estimate of drug-likeness (QED) is 0.584. The Morgan fingerprint density at radius 2 is 1.93 bits per heavy atom. The van der Waals surface area contributed by atoms with Crippen LogP contribution in [0.15, 0.2) is 53.9 Å². The molecule has 1 unspecified atom stereocenters. The van der Waals surface area contributed by atoms with Gasteiger partial charge < -0.3 is 14.8 Å². The molecule has 0 spiro atoms. The maximum absolute atomic E-state index is 12.4. The number of amides is 1. The monoisotopic (exact) mass is 423 g/mol. The van der Waals surface area contributed by atoms with Gasteiger partial charge >= 0.3 is 0 Å². The minimum atomic E-state index is -0.206. The van der Waals surface area contributed by atoms with E-state index < -0.39 is 0 Å². The number of carbonyl (C=O) groups is 1. The van der Waals surface area contributed by atoms with Crippen molar-refractivity contribution in [2.24, 2.45) is 0 Å². The minimum absolute atomic E-state index is 0.0710. The zero-order chi connectivity index (χ0) is 20.3. The molecule has 3 heterocycles. The second-order valence-electron chi connectivity index (χ2n) is 7.23. The second kappa shape index (κ2) is 8.35. The summed E-state index contributed by atoms with van der Waals surface area (Å²) >= 11 is 1.40. The number of hydrogen-bond acceptors (Lipinski definition) is 7. The van der Waals surface area contributed by atoms with Gasteiger partial charge in [-0.3, -0.25) is 14.3 Å². The molecule has 30 heavy (non-hydrogen) atoms. The molecule has 1 N–H and O–H groups in total. The van der Waals surface area contributed by atoms with E-state index in [1.165, 1.54) is 11.8 Å². The summed E-state index contributed by atoms with van der Waals surface area (Å²) in [7, 11) is 0. The Hall–Kier alpha value is -3.07. The highest BCUT2D eigenvalue weighted by Crippen LogP contribution is 2.41. The van der Waals surface area contributed by atoms with E-state index in [9.17, 15) is 4.79 Å². The molecular formula is C21H21N5O3S. The number of benzene rings is 1. The molecule has 5 rings (SSSR count). The molecule has 1 amide bonds. The molecule has 8 nitrogen and oxygen atoms in total. The van der Waals surface area contributed by atoms with Crippen molar-refractivity contribution in [1.82, 2.24) is 25.1 Å². The molecule has 0 saturated heterocycles. The number of pyridine rings is 1. The SMILES string of the molecule is O=C(CSc1nnc(-c2ccncc2)n1C1CC1)NCC1COc2ccccc2O1. The van der Waals surface area contributed by atoms with Gasteiger partial charge in [0.2, 0.25) is 5.91 Å². The number of nitrogens with zero attached hydrogens (tertiary/aromatic N) is 4. The Balaban J connectivity index is 1.17. The maximum atomic E-state index is 12.4. The molecule has 1 atom stereocenters. The molecule has 0 bridgehead atoms. The first-order valence-electron chi connectivity index (χ1n) is 9.91. The molecular weight excluding hydrogens is 402 g/mol. The Kier molecular flexibility index (Phi) is 5.27. The van der Waals surface area contributed by atoms with Gasteiger partial charge in [0, 0.05) is 24.0 Å². The Morgan fingerprint density at radius 3 is 2.73 bits per heavy atom. The van der Waals surface area contributed by atoms with Gasteiger partial charge in [0.1, 0.15) is 12.7 Å². The summed E-state index contributed by atoms with van der Waals surface area (Å²) < 4.78 is 13.7. The van der Waals surface area contributed by atoms with Crippen molar-refractivity contribution in [3.8, 4) is 22.9 Å². The van der Waals surface area contributed by atoms with Gasteiger partial charge in [-0.25, -0.2) is 0 Å². The van der Waals surface area contributed by atoms with E-state index in [0.29, 0.717) is 24.9 Å². The van der Waals surface area contributed by atoms with Gasteiger partial charge in [-0.05, 0) is 37.1 Å². The van der Waals surface area contributed by atoms with E-state index in [0.717, 1.165) is 35.1 Å². The molecule has 1 aromatic carbocycles. The second-order valence-corrected chi connectivity index (χ2v) is 8.18. The zero-order valence-corrected chi connectivity index (χ0v) is 17.0. The fraction of sp³-hybridized carbons (Fsp3) is 0.333. The highest BCUT2D eigenvalue weighted by Gasteiger charge is 2.30. The van der Waals surface area contributed by atoms with Crippen LogP contribution in [0.25, 0.3) is 11.4 Å². The smallest absolute Gasteiger partial charge is 0.230 e. The standard InChI is InChI=1S/C21H21N5O3S/c27-19(23-11-16-12-28-17-3-1-2-4-18(17)29-16)13-30-21-25-24-20(26(21)15-5-6-15)14-7-9-22-10-8-14/h1-4,7-10,15-16H,5-6,11-13H2,(H,23,27). The third kappa shape index (κ3) is 4.11. The van der Waals surface area contributed by atoms with Crippen LogP contribution in [0.5, 0.6) is 11.5 Å². The number of rotatable bonds is 7. The molecule has 1 saturated carbocycles. The van der Waals surface area contributed by atoms with Crippen molar-refractivity contribution >= 4 is 17.7 Å². The first-order chi connectivity index (χ1) is 14.8. The summed E-state index contributed by atoms with van der Waals surface area (Å²) in [6, 6.07) is 11.8. The molecule has 1 fully saturated rings. The molecule has 9 heteroatoms.